The lowest BCUT2D eigenvalue weighted by molar-refractivity contribution is 0.206. The summed E-state index contributed by atoms with van der Waals surface area (Å²) in [7, 11) is 0. The van der Waals surface area contributed by atoms with E-state index >= 15 is 0 Å². The second-order valence-corrected chi connectivity index (χ2v) is 4.28. The van der Waals surface area contributed by atoms with E-state index in [0.29, 0.717) is 5.56 Å². The molecular weight excluding hydrogens is 198 g/mol. The first kappa shape index (κ1) is 11.4. The second-order valence-electron chi connectivity index (χ2n) is 3.43. The molecule has 1 atom stereocenters. The second kappa shape index (κ2) is 4.21. The van der Waals surface area contributed by atoms with Gasteiger partial charge in [0.25, 0.3) is 0 Å². The Labute approximate surface area is 87.9 Å². The van der Waals surface area contributed by atoms with Gasteiger partial charge in [-0.1, -0.05) is 12.1 Å². The van der Waals surface area contributed by atoms with Gasteiger partial charge in [-0.15, -0.1) is 11.8 Å². The van der Waals surface area contributed by atoms with Gasteiger partial charge in [-0.3, -0.25) is 0 Å². The van der Waals surface area contributed by atoms with E-state index in [1.165, 1.54) is 11.8 Å². The minimum atomic E-state index is -0.893. The molecule has 0 aliphatic heterocycles. The van der Waals surface area contributed by atoms with Crippen LogP contribution >= 0.6 is 11.8 Å². The molecule has 1 aromatic carbocycles. The number of phenols is 1. The van der Waals surface area contributed by atoms with Gasteiger partial charge < -0.3 is 15.9 Å². The number of aliphatic hydroxyl groups is 1. The Morgan fingerprint density at radius 3 is 2.64 bits per heavy atom. The van der Waals surface area contributed by atoms with E-state index in [1.54, 1.807) is 13.0 Å². The Balaban J connectivity index is 3.22. The Morgan fingerprint density at radius 1 is 1.50 bits per heavy atom. The number of rotatable bonds is 3. The van der Waals surface area contributed by atoms with Crippen molar-refractivity contribution in [3.63, 3.8) is 0 Å². The Morgan fingerprint density at radius 2 is 2.14 bits per heavy atom. The molecule has 0 aromatic heterocycles. The van der Waals surface area contributed by atoms with Crippen LogP contribution in [0, 0.1) is 0 Å². The van der Waals surface area contributed by atoms with Crippen LogP contribution in [0.15, 0.2) is 23.1 Å². The number of hydrogen-bond acceptors (Lipinski definition) is 4. The molecule has 0 aliphatic rings. The summed E-state index contributed by atoms with van der Waals surface area (Å²) in [4.78, 5) is 0.771. The van der Waals surface area contributed by atoms with Crippen molar-refractivity contribution >= 4 is 11.8 Å². The maximum Gasteiger partial charge on any atom is 0.134 e. The van der Waals surface area contributed by atoms with Crippen molar-refractivity contribution in [1.29, 1.82) is 0 Å². The third kappa shape index (κ3) is 2.03. The summed E-state index contributed by atoms with van der Waals surface area (Å²) in [6, 6.07) is 5.36. The van der Waals surface area contributed by atoms with Crippen molar-refractivity contribution < 1.29 is 10.2 Å². The molecule has 0 amide bonds. The summed E-state index contributed by atoms with van der Waals surface area (Å²) in [5.74, 6) is 0.166. The van der Waals surface area contributed by atoms with Crippen LogP contribution in [0.25, 0.3) is 0 Å². The molecule has 0 spiro atoms. The molecule has 0 heterocycles. The van der Waals surface area contributed by atoms with E-state index in [1.807, 2.05) is 18.4 Å². The molecule has 0 bridgehead atoms. The molecule has 78 valence electrons. The first-order valence-electron chi connectivity index (χ1n) is 4.29. The van der Waals surface area contributed by atoms with Crippen molar-refractivity contribution in [3.05, 3.63) is 23.8 Å². The lowest BCUT2D eigenvalue weighted by Gasteiger charge is -2.24. The fourth-order valence-corrected chi connectivity index (χ4v) is 1.75. The van der Waals surface area contributed by atoms with Crippen LogP contribution in [0.5, 0.6) is 5.75 Å². The highest BCUT2D eigenvalue weighted by Crippen LogP contribution is 2.34. The van der Waals surface area contributed by atoms with Crippen molar-refractivity contribution in [1.82, 2.24) is 0 Å². The molecule has 14 heavy (non-hydrogen) atoms. The molecule has 1 rings (SSSR count). The van der Waals surface area contributed by atoms with Crippen LogP contribution in [0.1, 0.15) is 12.5 Å². The fraction of sp³-hybridized carbons (Fsp3) is 0.400. The van der Waals surface area contributed by atoms with Crippen LogP contribution < -0.4 is 5.73 Å². The van der Waals surface area contributed by atoms with E-state index in [0.717, 1.165) is 4.90 Å². The van der Waals surface area contributed by atoms with Crippen LogP contribution in [-0.4, -0.2) is 23.1 Å². The zero-order chi connectivity index (χ0) is 10.8. The molecular formula is C10H15NO2S. The van der Waals surface area contributed by atoms with E-state index in [2.05, 4.69) is 0 Å². The Kier molecular flexibility index (Phi) is 3.42. The third-order valence-electron chi connectivity index (χ3n) is 2.16. The lowest BCUT2D eigenvalue weighted by Crippen LogP contribution is -2.37. The topological polar surface area (TPSA) is 66.5 Å². The lowest BCUT2D eigenvalue weighted by atomic mass is 9.93. The number of benzene rings is 1. The minimum absolute atomic E-state index is 0.166. The van der Waals surface area contributed by atoms with Gasteiger partial charge in [0.15, 0.2) is 0 Å². The zero-order valence-corrected chi connectivity index (χ0v) is 9.14. The average Bonchev–Trinajstić information content (AvgIpc) is 2.18. The van der Waals surface area contributed by atoms with Crippen LogP contribution in [0.3, 0.4) is 0 Å². The van der Waals surface area contributed by atoms with E-state index < -0.39 is 5.54 Å². The Bertz CT molecular complexity index is 326. The molecule has 4 heteroatoms. The van der Waals surface area contributed by atoms with Crippen molar-refractivity contribution in [2.24, 2.45) is 5.73 Å². The number of phenolic OH excluding ortho intramolecular Hbond substituents is 1. The molecule has 4 N–H and O–H groups in total. The number of para-hydroxylation sites is 1. The maximum atomic E-state index is 9.84. The van der Waals surface area contributed by atoms with Gasteiger partial charge >= 0.3 is 0 Å². The predicted octanol–water partition coefficient (Wildman–Crippen LogP) is 1.28. The van der Waals surface area contributed by atoms with Crippen molar-refractivity contribution in [2.45, 2.75) is 17.4 Å². The molecule has 1 unspecified atom stereocenters. The smallest absolute Gasteiger partial charge is 0.134 e. The highest BCUT2D eigenvalue weighted by atomic mass is 32.2. The summed E-state index contributed by atoms with van der Waals surface area (Å²) in [5, 5.41) is 18.9. The van der Waals surface area contributed by atoms with Gasteiger partial charge in [-0.2, -0.15) is 0 Å². The normalized spacial score (nSPS) is 15.1. The van der Waals surface area contributed by atoms with Gasteiger partial charge in [0, 0.05) is 10.5 Å². The number of aromatic hydroxyl groups is 1. The molecule has 0 radical (unpaired) electrons. The first-order valence-corrected chi connectivity index (χ1v) is 5.51. The van der Waals surface area contributed by atoms with Gasteiger partial charge in [-0.05, 0) is 19.2 Å². The van der Waals surface area contributed by atoms with Gasteiger partial charge in [0.1, 0.15) is 5.75 Å². The number of thioether (sulfide) groups is 1. The predicted molar refractivity (Wildman–Crippen MR) is 58.5 cm³/mol. The van der Waals surface area contributed by atoms with E-state index in [-0.39, 0.29) is 12.4 Å². The first-order chi connectivity index (χ1) is 6.53. The van der Waals surface area contributed by atoms with E-state index in [4.69, 9.17) is 10.8 Å². The molecule has 0 fully saturated rings. The van der Waals surface area contributed by atoms with Gasteiger partial charge in [-0.25, -0.2) is 0 Å². The van der Waals surface area contributed by atoms with Gasteiger partial charge in [0.05, 0.1) is 12.1 Å². The maximum absolute atomic E-state index is 9.84. The SMILES string of the molecule is CSc1cccc(C(C)(N)CO)c1O. The summed E-state index contributed by atoms with van der Waals surface area (Å²) in [6.07, 6.45) is 1.88. The van der Waals surface area contributed by atoms with Crippen molar-refractivity contribution in [2.75, 3.05) is 12.9 Å². The van der Waals surface area contributed by atoms with Crippen LogP contribution in [-0.2, 0) is 5.54 Å². The molecule has 0 aliphatic carbocycles. The standard InChI is InChI=1S/C10H15NO2S/c1-10(11,6-12)7-4-3-5-8(14-2)9(7)13/h3-5,12-13H,6,11H2,1-2H3. The number of hydrogen-bond donors (Lipinski definition) is 3. The quantitative estimate of drug-likeness (QED) is 0.662. The largest absolute Gasteiger partial charge is 0.506 e. The number of aliphatic hydroxyl groups excluding tert-OH is 1. The summed E-state index contributed by atoms with van der Waals surface area (Å²) >= 11 is 1.45. The molecule has 1 aromatic rings. The summed E-state index contributed by atoms with van der Waals surface area (Å²) < 4.78 is 0. The number of nitrogens with two attached hydrogens (primary N) is 1. The summed E-state index contributed by atoms with van der Waals surface area (Å²) in [6.45, 7) is 1.49. The van der Waals surface area contributed by atoms with Crippen LogP contribution in [0.4, 0.5) is 0 Å². The van der Waals surface area contributed by atoms with Gasteiger partial charge in [0.2, 0.25) is 0 Å². The highest BCUT2D eigenvalue weighted by molar-refractivity contribution is 7.98. The molecule has 3 nitrogen and oxygen atoms in total. The average molecular weight is 213 g/mol. The van der Waals surface area contributed by atoms with Crippen molar-refractivity contribution in [3.8, 4) is 5.75 Å². The zero-order valence-electron chi connectivity index (χ0n) is 8.32. The molecule has 0 saturated heterocycles. The minimum Gasteiger partial charge on any atom is -0.506 e. The summed E-state index contributed by atoms with van der Waals surface area (Å²) in [5.41, 5.74) is 5.53. The Hall–Kier alpha value is -0.710. The van der Waals surface area contributed by atoms with E-state index in [9.17, 15) is 5.11 Å². The third-order valence-corrected chi connectivity index (χ3v) is 2.93. The molecule has 0 saturated carbocycles. The fourth-order valence-electron chi connectivity index (χ4n) is 1.23. The van der Waals surface area contributed by atoms with Crippen LogP contribution in [0.2, 0.25) is 0 Å². The highest BCUT2D eigenvalue weighted by Gasteiger charge is 2.24. The monoisotopic (exact) mass is 213 g/mol.